The van der Waals surface area contributed by atoms with Crippen LogP contribution in [0.2, 0.25) is 0 Å². The van der Waals surface area contributed by atoms with Crippen LogP contribution in [0.1, 0.15) is 0 Å². The zero-order valence-corrected chi connectivity index (χ0v) is 7.25. The number of thiazole rings is 1. The van der Waals surface area contributed by atoms with E-state index in [2.05, 4.69) is 15.1 Å². The molecule has 5 nitrogen and oxygen atoms in total. The van der Waals surface area contributed by atoms with E-state index in [9.17, 15) is 0 Å². The van der Waals surface area contributed by atoms with Crippen molar-refractivity contribution in [1.82, 2.24) is 19.7 Å². The smallest absolute Gasteiger partial charge is 0.180 e. The highest BCUT2D eigenvalue weighted by Crippen LogP contribution is 2.19. The summed E-state index contributed by atoms with van der Waals surface area (Å²) < 4.78 is 1.66. The van der Waals surface area contributed by atoms with Crippen molar-refractivity contribution in [2.24, 2.45) is 7.05 Å². The van der Waals surface area contributed by atoms with Gasteiger partial charge in [-0.2, -0.15) is 5.10 Å². The average molecular weight is 181 g/mol. The van der Waals surface area contributed by atoms with Gasteiger partial charge in [0, 0.05) is 12.4 Å². The molecule has 0 atom stereocenters. The maximum Gasteiger partial charge on any atom is 0.180 e. The van der Waals surface area contributed by atoms with Crippen LogP contribution in [-0.4, -0.2) is 19.7 Å². The first-order valence-corrected chi connectivity index (χ1v) is 4.20. The van der Waals surface area contributed by atoms with Crippen molar-refractivity contribution in [2.45, 2.75) is 0 Å². The summed E-state index contributed by atoms with van der Waals surface area (Å²) in [4.78, 5) is 8.13. The molecule has 0 aliphatic heterocycles. The molecule has 0 unspecified atom stereocenters. The van der Waals surface area contributed by atoms with Gasteiger partial charge in [-0.3, -0.25) is 0 Å². The SMILES string of the molecule is Cn1ncnc1-c1csc(N)n1. The van der Waals surface area contributed by atoms with Crippen LogP contribution in [0.5, 0.6) is 0 Å². The number of nitrogens with two attached hydrogens (primary N) is 1. The first-order chi connectivity index (χ1) is 5.77. The number of anilines is 1. The van der Waals surface area contributed by atoms with E-state index < -0.39 is 0 Å². The molecule has 0 fully saturated rings. The molecule has 12 heavy (non-hydrogen) atoms. The van der Waals surface area contributed by atoms with Gasteiger partial charge in [0.05, 0.1) is 0 Å². The molecule has 0 amide bonds. The van der Waals surface area contributed by atoms with E-state index in [-0.39, 0.29) is 0 Å². The molecule has 62 valence electrons. The van der Waals surface area contributed by atoms with Gasteiger partial charge in [-0.05, 0) is 0 Å². The minimum atomic E-state index is 0.549. The Balaban J connectivity index is 2.50. The van der Waals surface area contributed by atoms with Gasteiger partial charge in [-0.15, -0.1) is 11.3 Å². The van der Waals surface area contributed by atoms with E-state index in [1.165, 1.54) is 17.7 Å². The molecule has 2 rings (SSSR count). The summed E-state index contributed by atoms with van der Waals surface area (Å²) in [6, 6.07) is 0. The third-order valence-corrected chi connectivity index (χ3v) is 2.14. The Bertz CT molecular complexity index is 390. The highest BCUT2D eigenvalue weighted by atomic mass is 32.1. The molecular formula is C6H7N5S. The molecule has 0 spiro atoms. The fourth-order valence-electron chi connectivity index (χ4n) is 0.918. The second kappa shape index (κ2) is 2.56. The standard InChI is InChI=1S/C6H7N5S/c1-11-5(8-3-9-11)4-2-12-6(7)10-4/h2-3H,1H3,(H2,7,10). The Morgan fingerprint density at radius 2 is 2.42 bits per heavy atom. The first kappa shape index (κ1) is 7.23. The van der Waals surface area contributed by atoms with Crippen LogP contribution in [0, 0.1) is 0 Å². The van der Waals surface area contributed by atoms with Crippen molar-refractivity contribution in [1.29, 1.82) is 0 Å². The summed E-state index contributed by atoms with van der Waals surface area (Å²) in [6.45, 7) is 0. The van der Waals surface area contributed by atoms with Crippen molar-refractivity contribution in [3.8, 4) is 11.5 Å². The van der Waals surface area contributed by atoms with Crippen LogP contribution in [0.15, 0.2) is 11.7 Å². The molecule has 0 radical (unpaired) electrons. The Morgan fingerprint density at radius 3 is 2.92 bits per heavy atom. The molecule has 0 aliphatic carbocycles. The molecule has 2 heterocycles. The fraction of sp³-hybridized carbons (Fsp3) is 0.167. The third-order valence-electron chi connectivity index (χ3n) is 1.46. The zero-order chi connectivity index (χ0) is 8.55. The van der Waals surface area contributed by atoms with E-state index in [0.717, 1.165) is 11.5 Å². The Morgan fingerprint density at radius 1 is 1.58 bits per heavy atom. The lowest BCUT2D eigenvalue weighted by Crippen LogP contribution is -1.94. The number of aromatic nitrogens is 4. The van der Waals surface area contributed by atoms with E-state index in [4.69, 9.17) is 5.73 Å². The molecule has 6 heteroatoms. The lowest BCUT2D eigenvalue weighted by molar-refractivity contribution is 0.772. The summed E-state index contributed by atoms with van der Waals surface area (Å²) in [6.07, 6.45) is 1.49. The van der Waals surface area contributed by atoms with E-state index in [1.807, 2.05) is 12.4 Å². The van der Waals surface area contributed by atoms with Gasteiger partial charge in [-0.1, -0.05) is 0 Å². The minimum absolute atomic E-state index is 0.549. The quantitative estimate of drug-likeness (QED) is 0.696. The number of nitrogen functional groups attached to an aromatic ring is 1. The molecule has 2 aromatic rings. The van der Waals surface area contributed by atoms with E-state index in [1.54, 1.807) is 4.68 Å². The minimum Gasteiger partial charge on any atom is -0.375 e. The van der Waals surface area contributed by atoms with Gasteiger partial charge in [-0.25, -0.2) is 14.6 Å². The molecule has 0 bridgehead atoms. The molecule has 0 saturated heterocycles. The molecule has 2 aromatic heterocycles. The summed E-state index contributed by atoms with van der Waals surface area (Å²) >= 11 is 1.40. The number of hydrogen-bond acceptors (Lipinski definition) is 5. The summed E-state index contributed by atoms with van der Waals surface area (Å²) in [5, 5.41) is 6.34. The second-order valence-electron chi connectivity index (χ2n) is 2.28. The molecule has 0 saturated carbocycles. The highest BCUT2D eigenvalue weighted by Gasteiger charge is 2.06. The van der Waals surface area contributed by atoms with Crippen LogP contribution >= 0.6 is 11.3 Å². The monoisotopic (exact) mass is 181 g/mol. The highest BCUT2D eigenvalue weighted by molar-refractivity contribution is 7.13. The number of hydrogen-bond donors (Lipinski definition) is 1. The average Bonchev–Trinajstić information content (AvgIpc) is 2.58. The van der Waals surface area contributed by atoms with Crippen molar-refractivity contribution in [3.05, 3.63) is 11.7 Å². The predicted molar refractivity (Wildman–Crippen MR) is 46.5 cm³/mol. The Labute approximate surface area is 72.9 Å². The Kier molecular flexibility index (Phi) is 1.54. The lowest BCUT2D eigenvalue weighted by Gasteiger charge is -1.92. The van der Waals surface area contributed by atoms with E-state index >= 15 is 0 Å². The molecule has 2 N–H and O–H groups in total. The predicted octanol–water partition coefficient (Wildman–Crippen LogP) is 0.521. The molecular weight excluding hydrogens is 174 g/mol. The van der Waals surface area contributed by atoms with Crippen LogP contribution in [0.25, 0.3) is 11.5 Å². The number of nitrogens with zero attached hydrogens (tertiary/aromatic N) is 4. The van der Waals surface area contributed by atoms with Gasteiger partial charge in [0.25, 0.3) is 0 Å². The van der Waals surface area contributed by atoms with Crippen molar-refractivity contribution >= 4 is 16.5 Å². The van der Waals surface area contributed by atoms with Crippen LogP contribution in [-0.2, 0) is 7.05 Å². The van der Waals surface area contributed by atoms with Crippen molar-refractivity contribution in [3.63, 3.8) is 0 Å². The summed E-state index contributed by atoms with van der Waals surface area (Å²) in [5.41, 5.74) is 6.26. The third kappa shape index (κ3) is 1.06. The van der Waals surface area contributed by atoms with Gasteiger partial charge < -0.3 is 5.73 Å². The van der Waals surface area contributed by atoms with Crippen LogP contribution in [0.4, 0.5) is 5.13 Å². The normalized spacial score (nSPS) is 10.4. The van der Waals surface area contributed by atoms with Crippen molar-refractivity contribution < 1.29 is 0 Å². The van der Waals surface area contributed by atoms with Gasteiger partial charge in [0.2, 0.25) is 0 Å². The largest absolute Gasteiger partial charge is 0.375 e. The molecule has 0 aliphatic rings. The number of rotatable bonds is 1. The topological polar surface area (TPSA) is 69.6 Å². The lowest BCUT2D eigenvalue weighted by atomic mass is 10.5. The first-order valence-electron chi connectivity index (χ1n) is 3.33. The van der Waals surface area contributed by atoms with Gasteiger partial charge in [0.1, 0.15) is 12.0 Å². The fourth-order valence-corrected chi connectivity index (χ4v) is 1.46. The van der Waals surface area contributed by atoms with Crippen LogP contribution in [0.3, 0.4) is 0 Å². The number of aryl methyl sites for hydroxylation is 1. The zero-order valence-electron chi connectivity index (χ0n) is 6.43. The Hall–Kier alpha value is -1.43. The van der Waals surface area contributed by atoms with Crippen LogP contribution < -0.4 is 5.73 Å². The van der Waals surface area contributed by atoms with Gasteiger partial charge >= 0.3 is 0 Å². The van der Waals surface area contributed by atoms with Crippen molar-refractivity contribution in [2.75, 3.05) is 5.73 Å². The summed E-state index contributed by atoms with van der Waals surface area (Å²) in [7, 11) is 1.82. The second-order valence-corrected chi connectivity index (χ2v) is 3.17. The summed E-state index contributed by atoms with van der Waals surface area (Å²) in [5.74, 6) is 0.739. The van der Waals surface area contributed by atoms with Gasteiger partial charge in [0.15, 0.2) is 11.0 Å². The maximum atomic E-state index is 5.48. The van der Waals surface area contributed by atoms with E-state index in [0.29, 0.717) is 5.13 Å². The molecule has 0 aromatic carbocycles. The maximum absolute atomic E-state index is 5.48.